The van der Waals surface area contributed by atoms with Crippen LogP contribution in [0.3, 0.4) is 0 Å². The average Bonchev–Trinajstić information content (AvgIpc) is 2.80. The van der Waals surface area contributed by atoms with Gasteiger partial charge in [-0.25, -0.2) is 8.42 Å². The summed E-state index contributed by atoms with van der Waals surface area (Å²) in [5.74, 6) is -0.733. The smallest absolute Gasteiger partial charge is 0.229 e. The van der Waals surface area contributed by atoms with E-state index in [0.717, 1.165) is 5.39 Å². The van der Waals surface area contributed by atoms with Crippen molar-refractivity contribution < 1.29 is 13.2 Å². The molecule has 0 bridgehead atoms. The Morgan fingerprint density at radius 2 is 1.50 bits per heavy atom. The van der Waals surface area contributed by atoms with Gasteiger partial charge in [-0.3, -0.25) is 10.2 Å². The zero-order chi connectivity index (χ0) is 22.7. The number of benzene rings is 4. The third-order valence-corrected chi connectivity index (χ3v) is 6.97. The first-order valence-corrected chi connectivity index (χ1v) is 11.7. The molecule has 0 saturated heterocycles. The van der Waals surface area contributed by atoms with Gasteiger partial charge in [0.25, 0.3) is 0 Å². The van der Waals surface area contributed by atoms with E-state index >= 15 is 0 Å². The molecule has 0 amide bonds. The van der Waals surface area contributed by atoms with Gasteiger partial charge < -0.3 is 0 Å². The number of fused-ring (bicyclic) bond motifs is 1. The number of Topliss-reactive ketones (excluding diaryl/α,β-unsaturated/α-hetero) is 1. The van der Waals surface area contributed by atoms with E-state index in [0.29, 0.717) is 16.1 Å². The molecule has 32 heavy (non-hydrogen) atoms. The van der Waals surface area contributed by atoms with E-state index in [1.54, 1.807) is 54.6 Å². The number of nitrogens with one attached hydrogen (secondary N) is 1. The van der Waals surface area contributed by atoms with Crippen molar-refractivity contribution in [1.29, 1.82) is 0 Å². The van der Waals surface area contributed by atoms with Crippen LogP contribution in [-0.4, -0.2) is 19.2 Å². The van der Waals surface area contributed by atoms with E-state index in [1.807, 2.05) is 18.2 Å². The van der Waals surface area contributed by atoms with Crippen molar-refractivity contribution in [3.05, 3.63) is 107 Å². The Balaban J connectivity index is 1.86. The number of nitrogens with zero attached hydrogens (tertiary/aromatic N) is 1. The SMILES string of the molecule is O=C(/C(=N\Nc1ccc(Cl)cc1Cl)S(=O)(=O)c1ccccc1)c1cccc2ccccc12. The third-order valence-electron chi connectivity index (χ3n) is 4.75. The molecule has 0 spiro atoms. The Bertz CT molecular complexity index is 1450. The lowest BCUT2D eigenvalue weighted by molar-refractivity contribution is 0.107. The second-order valence-corrected chi connectivity index (χ2v) is 9.53. The molecule has 160 valence electrons. The lowest BCUT2D eigenvalue weighted by Gasteiger charge is -2.11. The van der Waals surface area contributed by atoms with Crippen LogP contribution in [-0.2, 0) is 9.84 Å². The first-order valence-electron chi connectivity index (χ1n) is 9.49. The summed E-state index contributed by atoms with van der Waals surface area (Å²) in [5, 5.41) is 5.45. The second-order valence-electron chi connectivity index (χ2n) is 6.83. The Labute approximate surface area is 195 Å². The number of ketones is 1. The molecule has 5 nitrogen and oxygen atoms in total. The maximum atomic E-state index is 13.5. The van der Waals surface area contributed by atoms with Gasteiger partial charge in [-0.2, -0.15) is 5.10 Å². The van der Waals surface area contributed by atoms with Gasteiger partial charge in [-0.15, -0.1) is 0 Å². The molecule has 8 heteroatoms. The normalized spacial score (nSPS) is 12.0. The summed E-state index contributed by atoms with van der Waals surface area (Å²) in [4.78, 5) is 13.5. The van der Waals surface area contributed by atoms with Crippen molar-refractivity contribution in [3.8, 4) is 0 Å². The molecule has 0 aromatic heterocycles. The molecule has 0 saturated carbocycles. The number of anilines is 1. The van der Waals surface area contributed by atoms with Crippen LogP contribution < -0.4 is 5.43 Å². The van der Waals surface area contributed by atoms with Crippen LogP contribution in [0.1, 0.15) is 10.4 Å². The van der Waals surface area contributed by atoms with E-state index in [2.05, 4.69) is 10.5 Å². The number of hydrazone groups is 1. The average molecular weight is 483 g/mol. The molecular formula is C24H16Cl2N2O3S. The predicted octanol–water partition coefficient (Wildman–Crippen LogP) is 6.23. The first kappa shape index (κ1) is 22.0. The van der Waals surface area contributed by atoms with Crippen molar-refractivity contribution in [2.45, 2.75) is 4.90 Å². The molecule has 0 aliphatic rings. The minimum atomic E-state index is -4.24. The number of hydrogen-bond donors (Lipinski definition) is 1. The van der Waals surface area contributed by atoms with E-state index in [4.69, 9.17) is 23.2 Å². The Kier molecular flexibility index (Phi) is 6.28. The summed E-state index contributed by atoms with van der Waals surface area (Å²) < 4.78 is 26.8. The number of hydrogen-bond acceptors (Lipinski definition) is 5. The van der Waals surface area contributed by atoms with Gasteiger partial charge in [0.2, 0.25) is 20.7 Å². The lowest BCUT2D eigenvalue weighted by Crippen LogP contribution is -2.26. The standard InChI is InChI=1S/C24H16Cl2N2O3S/c25-17-13-14-22(21(26)15-17)27-28-24(32(30,31)18-9-2-1-3-10-18)23(29)20-12-6-8-16-7-4-5-11-19(16)20/h1-15,27H/b28-24+. The van der Waals surface area contributed by atoms with Crippen molar-refractivity contribution >= 4 is 60.3 Å². The Hall–Kier alpha value is -3.19. The molecule has 0 fully saturated rings. The van der Waals surface area contributed by atoms with E-state index in [-0.39, 0.29) is 15.5 Å². The van der Waals surface area contributed by atoms with Crippen LogP contribution in [0.4, 0.5) is 5.69 Å². The predicted molar refractivity (Wildman–Crippen MR) is 129 cm³/mol. The highest BCUT2D eigenvalue weighted by atomic mass is 35.5. The molecule has 4 aromatic rings. The van der Waals surface area contributed by atoms with Gasteiger partial charge in [-0.1, -0.05) is 83.9 Å². The maximum Gasteiger partial charge on any atom is 0.229 e. The first-order chi connectivity index (χ1) is 15.4. The van der Waals surface area contributed by atoms with Gasteiger partial charge in [0.1, 0.15) is 0 Å². The van der Waals surface area contributed by atoms with Crippen LogP contribution in [0.5, 0.6) is 0 Å². The molecule has 0 atom stereocenters. The van der Waals surface area contributed by atoms with Gasteiger partial charge >= 0.3 is 0 Å². The third kappa shape index (κ3) is 4.39. The van der Waals surface area contributed by atoms with Gasteiger partial charge in [0, 0.05) is 10.6 Å². The van der Waals surface area contributed by atoms with E-state index < -0.39 is 20.7 Å². The molecule has 0 aliphatic heterocycles. The highest BCUT2D eigenvalue weighted by Gasteiger charge is 2.31. The van der Waals surface area contributed by atoms with Crippen LogP contribution in [0.2, 0.25) is 10.0 Å². The number of carbonyl (C=O) groups excluding carboxylic acids is 1. The number of halogens is 2. The molecule has 4 aromatic carbocycles. The fraction of sp³-hybridized carbons (Fsp3) is 0. The molecular weight excluding hydrogens is 467 g/mol. The molecule has 4 rings (SSSR count). The van der Waals surface area contributed by atoms with Crippen LogP contribution in [0.25, 0.3) is 10.8 Å². The highest BCUT2D eigenvalue weighted by molar-refractivity contribution is 8.08. The second kappa shape index (κ2) is 9.12. The lowest BCUT2D eigenvalue weighted by atomic mass is 10.0. The summed E-state index contributed by atoms with van der Waals surface area (Å²) in [7, 11) is -4.24. The fourth-order valence-electron chi connectivity index (χ4n) is 3.17. The molecule has 0 unspecified atom stereocenters. The van der Waals surface area contributed by atoms with Crippen molar-refractivity contribution in [1.82, 2.24) is 0 Å². The van der Waals surface area contributed by atoms with E-state index in [9.17, 15) is 13.2 Å². The van der Waals surface area contributed by atoms with Crippen molar-refractivity contribution in [2.24, 2.45) is 5.10 Å². The fourth-order valence-corrected chi connectivity index (χ4v) is 4.88. The minimum absolute atomic E-state index is 0.0451. The zero-order valence-corrected chi connectivity index (χ0v) is 18.8. The molecule has 0 radical (unpaired) electrons. The van der Waals surface area contributed by atoms with Gasteiger partial charge in [0.05, 0.1) is 15.6 Å². The molecule has 1 N–H and O–H groups in total. The summed E-state index contributed by atoms with van der Waals surface area (Å²) in [6.07, 6.45) is 0. The molecule has 0 aliphatic carbocycles. The monoisotopic (exact) mass is 482 g/mol. The summed E-state index contributed by atoms with van der Waals surface area (Å²) in [5.41, 5.74) is 3.15. The molecule has 0 heterocycles. The van der Waals surface area contributed by atoms with Crippen molar-refractivity contribution in [3.63, 3.8) is 0 Å². The summed E-state index contributed by atoms with van der Waals surface area (Å²) in [6.45, 7) is 0. The van der Waals surface area contributed by atoms with Crippen molar-refractivity contribution in [2.75, 3.05) is 5.43 Å². The maximum absolute atomic E-state index is 13.5. The van der Waals surface area contributed by atoms with Gasteiger partial charge in [-0.05, 0) is 41.1 Å². The van der Waals surface area contributed by atoms with Crippen LogP contribution in [0, 0.1) is 0 Å². The number of rotatable bonds is 5. The quantitative estimate of drug-likeness (QED) is 0.158. The summed E-state index contributed by atoms with van der Waals surface area (Å²) >= 11 is 12.1. The Morgan fingerprint density at radius 1 is 0.812 bits per heavy atom. The minimum Gasteiger partial charge on any atom is -0.286 e. The summed E-state index contributed by atoms with van der Waals surface area (Å²) in [6, 6.07) is 24.6. The Morgan fingerprint density at radius 3 is 2.25 bits per heavy atom. The zero-order valence-electron chi connectivity index (χ0n) is 16.5. The topological polar surface area (TPSA) is 75.6 Å². The van der Waals surface area contributed by atoms with Gasteiger partial charge in [0.15, 0.2) is 0 Å². The largest absolute Gasteiger partial charge is 0.286 e. The van der Waals surface area contributed by atoms with Crippen LogP contribution in [0.15, 0.2) is 101 Å². The van der Waals surface area contributed by atoms with E-state index in [1.165, 1.54) is 18.2 Å². The van der Waals surface area contributed by atoms with Crippen LogP contribution >= 0.6 is 23.2 Å². The number of carbonyl (C=O) groups is 1. The number of sulfone groups is 1. The highest BCUT2D eigenvalue weighted by Crippen LogP contribution is 2.26.